The van der Waals surface area contributed by atoms with E-state index in [1.807, 2.05) is 42.5 Å². The summed E-state index contributed by atoms with van der Waals surface area (Å²) in [5, 5.41) is 7.42. The van der Waals surface area contributed by atoms with E-state index < -0.39 is 10.0 Å². The first kappa shape index (κ1) is 26.9. The van der Waals surface area contributed by atoms with Gasteiger partial charge in [-0.3, -0.25) is 14.3 Å². The van der Waals surface area contributed by atoms with Crippen molar-refractivity contribution >= 4 is 21.8 Å². The highest BCUT2D eigenvalue weighted by Crippen LogP contribution is 2.39. The Morgan fingerprint density at radius 2 is 1.72 bits per heavy atom. The van der Waals surface area contributed by atoms with Crippen LogP contribution in [0.1, 0.15) is 56.4 Å². The number of sulfonamides is 1. The van der Waals surface area contributed by atoms with Crippen molar-refractivity contribution in [1.82, 2.24) is 24.3 Å². The second-order valence-corrected chi connectivity index (χ2v) is 12.1. The number of hydrogen-bond donors (Lipinski definition) is 1. The van der Waals surface area contributed by atoms with Gasteiger partial charge in [-0.15, -0.1) is 0 Å². The van der Waals surface area contributed by atoms with Crippen LogP contribution in [-0.4, -0.2) is 71.7 Å². The Morgan fingerprint density at radius 3 is 2.44 bits per heavy atom. The SMILES string of the molecule is Cn1nc(C2CC2)cc1C(=O)NCc1cccc(OCc2cccc(C(=O)N3CCN(S(C)(=O)=O)CC3)c2)c1. The average Bonchev–Trinajstić information content (AvgIpc) is 3.71. The maximum absolute atomic E-state index is 13.0. The van der Waals surface area contributed by atoms with Crippen LogP contribution >= 0.6 is 0 Å². The van der Waals surface area contributed by atoms with E-state index >= 15 is 0 Å². The van der Waals surface area contributed by atoms with Crippen molar-refractivity contribution in [2.75, 3.05) is 32.4 Å². The van der Waals surface area contributed by atoms with Crippen LogP contribution in [0.3, 0.4) is 0 Å². The summed E-state index contributed by atoms with van der Waals surface area (Å²) in [7, 11) is -1.46. The molecule has 5 rings (SSSR count). The number of hydrogen-bond acceptors (Lipinski definition) is 6. The molecule has 0 spiro atoms. The van der Waals surface area contributed by atoms with Gasteiger partial charge in [0.25, 0.3) is 11.8 Å². The van der Waals surface area contributed by atoms with Gasteiger partial charge < -0.3 is 15.0 Å². The second kappa shape index (κ2) is 11.2. The molecule has 1 saturated carbocycles. The molecule has 1 N–H and O–H groups in total. The van der Waals surface area contributed by atoms with E-state index in [1.54, 1.807) is 28.8 Å². The third-order valence-electron chi connectivity index (χ3n) is 7.05. The number of rotatable bonds is 9. The molecule has 0 unspecified atom stereocenters. The molecule has 3 aromatic rings. The Hall–Kier alpha value is -3.70. The Balaban J connectivity index is 1.14. The Morgan fingerprint density at radius 1 is 1.00 bits per heavy atom. The normalized spacial score (nSPS) is 16.2. The Labute approximate surface area is 228 Å². The van der Waals surface area contributed by atoms with Gasteiger partial charge in [0.1, 0.15) is 18.1 Å². The van der Waals surface area contributed by atoms with Gasteiger partial charge in [0.2, 0.25) is 10.0 Å². The third kappa shape index (κ3) is 6.66. The summed E-state index contributed by atoms with van der Waals surface area (Å²) in [4.78, 5) is 27.4. The predicted molar refractivity (Wildman–Crippen MR) is 146 cm³/mol. The van der Waals surface area contributed by atoms with Crippen molar-refractivity contribution in [2.45, 2.75) is 31.9 Å². The summed E-state index contributed by atoms with van der Waals surface area (Å²) in [6, 6.07) is 16.7. The Bertz CT molecular complexity index is 1470. The largest absolute Gasteiger partial charge is 0.489 e. The van der Waals surface area contributed by atoms with Crippen LogP contribution in [0.25, 0.3) is 0 Å². The maximum atomic E-state index is 13.0. The number of benzene rings is 2. The summed E-state index contributed by atoms with van der Waals surface area (Å²) in [6.07, 6.45) is 3.46. The van der Waals surface area contributed by atoms with E-state index in [1.165, 1.54) is 10.6 Å². The van der Waals surface area contributed by atoms with Crippen LogP contribution in [0.2, 0.25) is 0 Å². The zero-order valence-electron chi connectivity index (χ0n) is 22.2. The third-order valence-corrected chi connectivity index (χ3v) is 8.36. The van der Waals surface area contributed by atoms with Crippen LogP contribution in [0, 0.1) is 0 Å². The number of aromatic nitrogens is 2. The summed E-state index contributed by atoms with van der Waals surface area (Å²) in [6.45, 7) is 1.95. The summed E-state index contributed by atoms with van der Waals surface area (Å²) in [5.74, 6) is 0.859. The maximum Gasteiger partial charge on any atom is 0.269 e. The second-order valence-electron chi connectivity index (χ2n) is 10.1. The van der Waals surface area contributed by atoms with Crippen molar-refractivity contribution in [3.63, 3.8) is 0 Å². The number of aryl methyl sites for hydroxylation is 1. The van der Waals surface area contributed by atoms with E-state index in [9.17, 15) is 18.0 Å². The van der Waals surface area contributed by atoms with E-state index in [2.05, 4.69) is 10.4 Å². The molecule has 1 aliphatic heterocycles. The van der Waals surface area contributed by atoms with Gasteiger partial charge in [-0.1, -0.05) is 24.3 Å². The molecule has 39 heavy (non-hydrogen) atoms. The van der Waals surface area contributed by atoms with Crippen molar-refractivity contribution in [3.8, 4) is 5.75 Å². The highest BCUT2D eigenvalue weighted by atomic mass is 32.2. The molecular weight excluding hydrogens is 518 g/mol. The minimum absolute atomic E-state index is 0.125. The monoisotopic (exact) mass is 551 g/mol. The lowest BCUT2D eigenvalue weighted by molar-refractivity contribution is 0.0698. The predicted octanol–water partition coefficient (Wildman–Crippen LogP) is 2.52. The minimum Gasteiger partial charge on any atom is -0.489 e. The molecule has 11 heteroatoms. The molecule has 2 fully saturated rings. The molecule has 1 aliphatic carbocycles. The lowest BCUT2D eigenvalue weighted by Gasteiger charge is -2.33. The molecule has 0 bridgehead atoms. The standard InChI is InChI=1S/C28H33N5O5S/c1-31-26(17-25(30-31)22-9-10-22)27(34)29-18-20-5-4-8-24(16-20)38-19-21-6-3-7-23(15-21)28(35)32-11-13-33(14-12-32)39(2,36)37/h3-8,15-17,22H,9-14,18-19H2,1-2H3,(H,29,34). The highest BCUT2D eigenvalue weighted by Gasteiger charge is 2.28. The molecule has 0 radical (unpaired) electrons. The fourth-order valence-corrected chi connectivity index (χ4v) is 5.49. The molecule has 1 aromatic heterocycles. The quantitative estimate of drug-likeness (QED) is 0.437. The lowest BCUT2D eigenvalue weighted by atomic mass is 10.1. The number of ether oxygens (including phenoxy) is 1. The fraction of sp³-hybridized carbons (Fsp3) is 0.393. The number of amides is 2. The highest BCUT2D eigenvalue weighted by molar-refractivity contribution is 7.88. The zero-order valence-corrected chi connectivity index (χ0v) is 23.0. The van der Waals surface area contributed by atoms with Crippen molar-refractivity contribution < 1.29 is 22.7 Å². The van der Waals surface area contributed by atoms with Crippen LogP contribution < -0.4 is 10.1 Å². The first-order valence-corrected chi connectivity index (χ1v) is 14.9. The number of carbonyl (C=O) groups is 2. The lowest BCUT2D eigenvalue weighted by Crippen LogP contribution is -2.50. The van der Waals surface area contributed by atoms with Gasteiger partial charge in [0, 0.05) is 51.3 Å². The average molecular weight is 552 g/mol. The smallest absolute Gasteiger partial charge is 0.269 e. The molecule has 2 aromatic carbocycles. The first-order valence-electron chi connectivity index (χ1n) is 13.0. The van der Waals surface area contributed by atoms with Crippen molar-refractivity contribution in [2.24, 2.45) is 7.05 Å². The van der Waals surface area contributed by atoms with Crippen LogP contribution in [0.15, 0.2) is 54.6 Å². The fourth-order valence-electron chi connectivity index (χ4n) is 4.66. The van der Waals surface area contributed by atoms with Gasteiger partial charge in [0.15, 0.2) is 0 Å². The van der Waals surface area contributed by atoms with Gasteiger partial charge in [-0.05, 0) is 54.3 Å². The number of piperazine rings is 1. The molecular formula is C28H33N5O5S. The molecule has 2 aliphatic rings. The van der Waals surface area contributed by atoms with Crippen LogP contribution in [0.4, 0.5) is 0 Å². The summed E-state index contributed by atoms with van der Waals surface area (Å²) in [5.41, 5.74) is 3.83. The molecule has 2 heterocycles. The summed E-state index contributed by atoms with van der Waals surface area (Å²) < 4.78 is 32.5. The molecule has 10 nitrogen and oxygen atoms in total. The number of carbonyl (C=O) groups excluding carboxylic acids is 2. The number of nitrogens with zero attached hydrogens (tertiary/aromatic N) is 4. The van der Waals surface area contributed by atoms with E-state index in [0.29, 0.717) is 55.6 Å². The van der Waals surface area contributed by atoms with Crippen LogP contribution in [-0.2, 0) is 30.2 Å². The molecule has 206 valence electrons. The van der Waals surface area contributed by atoms with E-state index in [0.717, 1.165) is 29.7 Å². The first-order chi connectivity index (χ1) is 18.7. The zero-order chi connectivity index (χ0) is 27.6. The topological polar surface area (TPSA) is 114 Å². The van der Waals surface area contributed by atoms with Gasteiger partial charge in [-0.25, -0.2) is 8.42 Å². The van der Waals surface area contributed by atoms with Gasteiger partial charge in [-0.2, -0.15) is 9.40 Å². The van der Waals surface area contributed by atoms with Crippen LogP contribution in [0.5, 0.6) is 5.75 Å². The molecule has 2 amide bonds. The van der Waals surface area contributed by atoms with E-state index in [-0.39, 0.29) is 18.4 Å². The summed E-state index contributed by atoms with van der Waals surface area (Å²) >= 11 is 0. The molecule has 1 saturated heterocycles. The Kier molecular flexibility index (Phi) is 7.72. The van der Waals surface area contributed by atoms with Crippen molar-refractivity contribution in [1.29, 1.82) is 0 Å². The van der Waals surface area contributed by atoms with Crippen molar-refractivity contribution in [3.05, 3.63) is 82.7 Å². The molecule has 0 atom stereocenters. The number of nitrogens with one attached hydrogen (secondary N) is 1. The minimum atomic E-state index is -3.25. The van der Waals surface area contributed by atoms with Gasteiger partial charge in [0.05, 0.1) is 11.9 Å². The van der Waals surface area contributed by atoms with Gasteiger partial charge >= 0.3 is 0 Å². The van der Waals surface area contributed by atoms with E-state index in [4.69, 9.17) is 4.74 Å².